The number of methoxy groups -OCH3 is 1. The summed E-state index contributed by atoms with van der Waals surface area (Å²) in [7, 11) is 1.74. The molecule has 2 unspecified atom stereocenters. The summed E-state index contributed by atoms with van der Waals surface area (Å²) in [5, 5.41) is 0. The number of Topliss-reactive ketones (excluding diaryl/α,β-unsaturated/α-hetero) is 1. The highest BCUT2D eigenvalue weighted by atomic mass is 16.5. The van der Waals surface area contributed by atoms with Crippen LogP contribution in [0.2, 0.25) is 0 Å². The Kier molecular flexibility index (Phi) is 5.26. The Morgan fingerprint density at radius 3 is 2.93 bits per heavy atom. The molecule has 1 aliphatic rings. The van der Waals surface area contributed by atoms with Gasteiger partial charge >= 0.3 is 0 Å². The molecule has 15 heavy (non-hydrogen) atoms. The molecule has 88 valence electrons. The average Bonchev–Trinajstić information content (AvgIpc) is 2.65. The summed E-state index contributed by atoms with van der Waals surface area (Å²) in [6.07, 6.45) is 2.12. The van der Waals surface area contributed by atoms with Crippen LogP contribution in [0.5, 0.6) is 0 Å². The van der Waals surface area contributed by atoms with E-state index in [4.69, 9.17) is 4.74 Å². The maximum absolute atomic E-state index is 11.7. The van der Waals surface area contributed by atoms with E-state index in [-0.39, 0.29) is 5.92 Å². The zero-order valence-corrected chi connectivity index (χ0v) is 10.2. The first-order valence-electron chi connectivity index (χ1n) is 5.91. The van der Waals surface area contributed by atoms with Crippen LogP contribution in [0.25, 0.3) is 0 Å². The first-order valence-corrected chi connectivity index (χ1v) is 5.91. The number of hydrogen-bond donors (Lipinski definition) is 0. The topological polar surface area (TPSA) is 29.5 Å². The number of ketones is 1. The van der Waals surface area contributed by atoms with Crippen LogP contribution in [0, 0.1) is 11.8 Å². The Hall–Kier alpha value is -0.410. The lowest BCUT2D eigenvalue weighted by Crippen LogP contribution is -2.31. The first kappa shape index (κ1) is 12.7. The second-order valence-electron chi connectivity index (χ2n) is 4.62. The van der Waals surface area contributed by atoms with Crippen molar-refractivity contribution in [2.45, 2.75) is 26.7 Å². The fourth-order valence-corrected chi connectivity index (χ4v) is 2.03. The molecule has 1 fully saturated rings. The Labute approximate surface area is 92.8 Å². The molecular weight excluding hydrogens is 190 g/mol. The molecular formula is C12H23NO2. The lowest BCUT2D eigenvalue weighted by molar-refractivity contribution is -0.123. The quantitative estimate of drug-likeness (QED) is 0.671. The Morgan fingerprint density at radius 2 is 2.33 bits per heavy atom. The van der Waals surface area contributed by atoms with Gasteiger partial charge in [0.05, 0.1) is 13.2 Å². The van der Waals surface area contributed by atoms with Gasteiger partial charge in [0.1, 0.15) is 5.78 Å². The summed E-state index contributed by atoms with van der Waals surface area (Å²) in [5.74, 6) is 1.22. The van der Waals surface area contributed by atoms with Crippen LogP contribution in [0.1, 0.15) is 26.7 Å². The summed E-state index contributed by atoms with van der Waals surface area (Å²) in [4.78, 5) is 14.0. The van der Waals surface area contributed by atoms with Crippen LogP contribution in [0.3, 0.4) is 0 Å². The van der Waals surface area contributed by atoms with Crippen LogP contribution in [-0.4, -0.2) is 44.0 Å². The predicted octanol–water partition coefficient (Wildman–Crippen LogP) is 1.57. The van der Waals surface area contributed by atoms with Crippen molar-refractivity contribution in [1.82, 2.24) is 4.90 Å². The molecule has 0 bridgehead atoms. The van der Waals surface area contributed by atoms with Crippen molar-refractivity contribution in [2.24, 2.45) is 11.8 Å². The van der Waals surface area contributed by atoms with E-state index in [2.05, 4.69) is 11.8 Å². The second kappa shape index (κ2) is 6.23. The smallest absolute Gasteiger partial charge is 0.149 e. The molecule has 0 saturated carbocycles. The van der Waals surface area contributed by atoms with Crippen LogP contribution < -0.4 is 0 Å². The third kappa shape index (κ3) is 3.92. The molecule has 2 atom stereocenters. The van der Waals surface area contributed by atoms with Crippen LogP contribution in [0.15, 0.2) is 0 Å². The van der Waals surface area contributed by atoms with Gasteiger partial charge in [-0.2, -0.15) is 0 Å². The third-order valence-electron chi connectivity index (χ3n) is 3.31. The van der Waals surface area contributed by atoms with Crippen molar-refractivity contribution in [3.8, 4) is 0 Å². The summed E-state index contributed by atoms with van der Waals surface area (Å²) in [6.45, 7) is 7.63. The Bertz CT molecular complexity index is 206. The molecule has 0 spiro atoms. The highest BCUT2D eigenvalue weighted by Gasteiger charge is 2.24. The third-order valence-corrected chi connectivity index (χ3v) is 3.31. The van der Waals surface area contributed by atoms with Gasteiger partial charge in [-0.3, -0.25) is 9.69 Å². The molecule has 1 heterocycles. The Morgan fingerprint density at radius 1 is 1.60 bits per heavy atom. The zero-order valence-electron chi connectivity index (χ0n) is 10.2. The summed E-state index contributed by atoms with van der Waals surface area (Å²) in [5.41, 5.74) is 0. The molecule has 1 rings (SSSR count). The van der Waals surface area contributed by atoms with E-state index in [9.17, 15) is 4.79 Å². The monoisotopic (exact) mass is 213 g/mol. The lowest BCUT2D eigenvalue weighted by Gasteiger charge is -2.17. The maximum Gasteiger partial charge on any atom is 0.149 e. The van der Waals surface area contributed by atoms with E-state index >= 15 is 0 Å². The number of hydrogen-bond acceptors (Lipinski definition) is 3. The molecule has 0 aromatic heterocycles. The molecule has 1 aliphatic heterocycles. The molecule has 0 N–H and O–H groups in total. The highest BCUT2D eigenvalue weighted by Crippen LogP contribution is 2.17. The Balaban J connectivity index is 2.26. The van der Waals surface area contributed by atoms with E-state index < -0.39 is 0 Å². The van der Waals surface area contributed by atoms with E-state index in [0.29, 0.717) is 18.2 Å². The number of carbonyl (C=O) groups excluding carboxylic acids is 1. The second-order valence-corrected chi connectivity index (χ2v) is 4.62. The van der Waals surface area contributed by atoms with Crippen molar-refractivity contribution < 1.29 is 9.53 Å². The maximum atomic E-state index is 11.7. The van der Waals surface area contributed by atoms with Gasteiger partial charge in [0.2, 0.25) is 0 Å². The van der Waals surface area contributed by atoms with Gasteiger partial charge in [-0.15, -0.1) is 0 Å². The van der Waals surface area contributed by atoms with Gasteiger partial charge in [0, 0.05) is 19.6 Å². The molecule has 0 aromatic carbocycles. The van der Waals surface area contributed by atoms with E-state index in [0.717, 1.165) is 26.1 Å². The SMILES string of the molecule is CCC(C)C(=O)CN1CCC(COC)C1. The molecule has 3 nitrogen and oxygen atoms in total. The van der Waals surface area contributed by atoms with Gasteiger partial charge in [0.15, 0.2) is 0 Å². The molecule has 1 saturated heterocycles. The van der Waals surface area contributed by atoms with Crippen LogP contribution in [0.4, 0.5) is 0 Å². The zero-order chi connectivity index (χ0) is 11.3. The minimum absolute atomic E-state index is 0.214. The van der Waals surface area contributed by atoms with Crippen molar-refractivity contribution in [3.63, 3.8) is 0 Å². The fraction of sp³-hybridized carbons (Fsp3) is 0.917. The van der Waals surface area contributed by atoms with E-state index in [1.165, 1.54) is 6.42 Å². The van der Waals surface area contributed by atoms with Crippen LogP contribution in [-0.2, 0) is 9.53 Å². The van der Waals surface area contributed by atoms with Crippen molar-refractivity contribution in [3.05, 3.63) is 0 Å². The normalized spacial score (nSPS) is 24.3. The van der Waals surface area contributed by atoms with Gasteiger partial charge in [-0.25, -0.2) is 0 Å². The van der Waals surface area contributed by atoms with Gasteiger partial charge in [-0.05, 0) is 25.3 Å². The number of nitrogens with zero attached hydrogens (tertiary/aromatic N) is 1. The number of carbonyl (C=O) groups is 1. The molecule has 3 heteroatoms. The van der Waals surface area contributed by atoms with Crippen molar-refractivity contribution in [2.75, 3.05) is 33.4 Å². The summed E-state index contributed by atoms with van der Waals surface area (Å²) >= 11 is 0. The van der Waals surface area contributed by atoms with Crippen LogP contribution >= 0.6 is 0 Å². The number of ether oxygens (including phenoxy) is 1. The summed E-state index contributed by atoms with van der Waals surface area (Å²) in [6, 6.07) is 0. The predicted molar refractivity (Wildman–Crippen MR) is 60.9 cm³/mol. The number of likely N-dealkylation sites (tertiary alicyclic amines) is 1. The van der Waals surface area contributed by atoms with Crippen molar-refractivity contribution in [1.29, 1.82) is 0 Å². The standard InChI is InChI=1S/C12H23NO2/c1-4-10(2)12(14)8-13-6-5-11(7-13)9-15-3/h10-11H,4-9H2,1-3H3. The minimum Gasteiger partial charge on any atom is -0.384 e. The molecule has 0 radical (unpaired) electrons. The minimum atomic E-state index is 0.214. The highest BCUT2D eigenvalue weighted by molar-refractivity contribution is 5.82. The van der Waals surface area contributed by atoms with Crippen molar-refractivity contribution >= 4 is 5.78 Å². The molecule has 0 amide bonds. The van der Waals surface area contributed by atoms with E-state index in [1.807, 2.05) is 6.92 Å². The van der Waals surface area contributed by atoms with Gasteiger partial charge < -0.3 is 4.74 Å². The summed E-state index contributed by atoms with van der Waals surface area (Å²) < 4.78 is 5.14. The van der Waals surface area contributed by atoms with E-state index in [1.54, 1.807) is 7.11 Å². The fourth-order valence-electron chi connectivity index (χ4n) is 2.03. The molecule has 0 aliphatic carbocycles. The molecule has 0 aromatic rings. The lowest BCUT2D eigenvalue weighted by atomic mass is 10.0. The number of rotatable bonds is 6. The van der Waals surface area contributed by atoms with Gasteiger partial charge in [-0.1, -0.05) is 13.8 Å². The largest absolute Gasteiger partial charge is 0.384 e. The van der Waals surface area contributed by atoms with Gasteiger partial charge in [0.25, 0.3) is 0 Å². The average molecular weight is 213 g/mol. The first-order chi connectivity index (χ1) is 7.17.